The molecule has 1 saturated heterocycles. The summed E-state index contributed by atoms with van der Waals surface area (Å²) in [5.74, 6) is 4.80. The molecule has 112 valence electrons. The van der Waals surface area contributed by atoms with Crippen LogP contribution in [0.3, 0.4) is 0 Å². The first-order valence-corrected chi connectivity index (χ1v) is 7.05. The molecule has 3 N–H and O–H groups in total. The topological polar surface area (TPSA) is 64.4 Å². The lowest BCUT2D eigenvalue weighted by molar-refractivity contribution is 0.0536. The second-order valence-corrected chi connectivity index (χ2v) is 4.99. The standard InChI is InChI=1S/C16H19FN2O2/c17-15-6-5-12(3-1-7-18)9-14(15)16(20)19-10-13-4-2-8-21-11-13/h5-6,9,13H,2,4,7-8,10-11,18H2,(H,19,20). The summed E-state index contributed by atoms with van der Waals surface area (Å²) in [5.41, 5.74) is 5.88. The Morgan fingerprint density at radius 3 is 3.10 bits per heavy atom. The third kappa shape index (κ3) is 4.55. The fourth-order valence-corrected chi connectivity index (χ4v) is 2.23. The van der Waals surface area contributed by atoms with Gasteiger partial charge in [0.25, 0.3) is 5.91 Å². The number of ether oxygens (including phenoxy) is 1. The van der Waals surface area contributed by atoms with Crippen LogP contribution < -0.4 is 11.1 Å². The molecule has 0 radical (unpaired) electrons. The van der Waals surface area contributed by atoms with Crippen LogP contribution in [-0.4, -0.2) is 32.2 Å². The van der Waals surface area contributed by atoms with E-state index in [9.17, 15) is 9.18 Å². The molecule has 1 heterocycles. The summed E-state index contributed by atoms with van der Waals surface area (Å²) in [6.45, 7) is 2.14. The van der Waals surface area contributed by atoms with Gasteiger partial charge >= 0.3 is 0 Å². The van der Waals surface area contributed by atoms with Crippen LogP contribution in [-0.2, 0) is 4.74 Å². The number of hydrogen-bond donors (Lipinski definition) is 2. The zero-order chi connectivity index (χ0) is 15.1. The van der Waals surface area contributed by atoms with Crippen molar-refractivity contribution < 1.29 is 13.9 Å². The summed E-state index contributed by atoms with van der Waals surface area (Å²) in [6, 6.07) is 4.23. The number of halogens is 1. The van der Waals surface area contributed by atoms with Crippen molar-refractivity contribution in [1.29, 1.82) is 0 Å². The molecule has 5 heteroatoms. The molecular weight excluding hydrogens is 271 g/mol. The first kappa shape index (κ1) is 15.5. The van der Waals surface area contributed by atoms with E-state index in [0.717, 1.165) is 19.4 Å². The van der Waals surface area contributed by atoms with Gasteiger partial charge in [-0.15, -0.1) is 0 Å². The Labute approximate surface area is 123 Å². The molecule has 1 atom stereocenters. The van der Waals surface area contributed by atoms with Gasteiger partial charge in [0, 0.05) is 18.7 Å². The van der Waals surface area contributed by atoms with Gasteiger partial charge in [0.2, 0.25) is 0 Å². The molecule has 1 aromatic carbocycles. The molecule has 4 nitrogen and oxygen atoms in total. The Kier molecular flexibility index (Phi) is 5.73. The van der Waals surface area contributed by atoms with Crippen molar-refractivity contribution in [2.75, 3.05) is 26.3 Å². The minimum absolute atomic E-state index is 0.00977. The smallest absolute Gasteiger partial charge is 0.254 e. The summed E-state index contributed by atoms with van der Waals surface area (Å²) in [4.78, 5) is 12.1. The van der Waals surface area contributed by atoms with Gasteiger partial charge < -0.3 is 15.8 Å². The van der Waals surface area contributed by atoms with Crippen LogP contribution in [0.4, 0.5) is 4.39 Å². The van der Waals surface area contributed by atoms with Crippen molar-refractivity contribution in [3.63, 3.8) is 0 Å². The zero-order valence-corrected chi connectivity index (χ0v) is 11.8. The average molecular weight is 290 g/mol. The maximum Gasteiger partial charge on any atom is 0.254 e. The average Bonchev–Trinajstić information content (AvgIpc) is 2.53. The Bertz CT molecular complexity index is 557. The number of nitrogens with two attached hydrogens (primary N) is 1. The van der Waals surface area contributed by atoms with Gasteiger partial charge in [-0.25, -0.2) is 4.39 Å². The van der Waals surface area contributed by atoms with Gasteiger partial charge in [0.1, 0.15) is 5.82 Å². The Morgan fingerprint density at radius 1 is 1.52 bits per heavy atom. The molecule has 0 spiro atoms. The largest absolute Gasteiger partial charge is 0.381 e. The first-order valence-electron chi connectivity index (χ1n) is 7.05. The van der Waals surface area contributed by atoms with E-state index in [2.05, 4.69) is 17.2 Å². The molecule has 1 aliphatic rings. The number of hydrogen-bond acceptors (Lipinski definition) is 3. The van der Waals surface area contributed by atoms with Crippen LogP contribution >= 0.6 is 0 Å². The normalized spacial score (nSPS) is 17.7. The van der Waals surface area contributed by atoms with Crippen molar-refractivity contribution in [3.05, 3.63) is 35.1 Å². The number of carbonyl (C=O) groups excluding carboxylic acids is 1. The van der Waals surface area contributed by atoms with E-state index in [1.807, 2.05) is 0 Å². The fraction of sp³-hybridized carbons (Fsp3) is 0.438. The summed E-state index contributed by atoms with van der Waals surface area (Å²) in [5, 5.41) is 2.76. The Hall–Kier alpha value is -1.90. The van der Waals surface area contributed by atoms with Crippen LogP contribution in [0.2, 0.25) is 0 Å². The highest BCUT2D eigenvalue weighted by Crippen LogP contribution is 2.14. The van der Waals surface area contributed by atoms with Crippen LogP contribution in [0.5, 0.6) is 0 Å². The molecule has 1 amide bonds. The third-order valence-corrected chi connectivity index (χ3v) is 3.35. The molecule has 2 rings (SSSR count). The summed E-state index contributed by atoms with van der Waals surface area (Å²) in [6.07, 6.45) is 2.02. The van der Waals surface area contributed by atoms with Gasteiger partial charge in [-0.05, 0) is 37.0 Å². The lowest BCUT2D eigenvalue weighted by Crippen LogP contribution is -2.33. The predicted molar refractivity (Wildman–Crippen MR) is 78.2 cm³/mol. The SMILES string of the molecule is NCC#Cc1ccc(F)c(C(=O)NCC2CCCOC2)c1. The Balaban J connectivity index is 2.00. The number of amides is 1. The summed E-state index contributed by atoms with van der Waals surface area (Å²) < 4.78 is 19.1. The van der Waals surface area contributed by atoms with Crippen molar-refractivity contribution in [1.82, 2.24) is 5.32 Å². The second kappa shape index (κ2) is 7.77. The van der Waals surface area contributed by atoms with Crippen LogP contribution in [0.25, 0.3) is 0 Å². The van der Waals surface area contributed by atoms with Crippen LogP contribution in [0, 0.1) is 23.6 Å². The molecule has 0 bridgehead atoms. The highest BCUT2D eigenvalue weighted by atomic mass is 19.1. The van der Waals surface area contributed by atoms with E-state index < -0.39 is 11.7 Å². The molecule has 1 fully saturated rings. The predicted octanol–water partition coefficient (Wildman–Crippen LogP) is 1.29. The molecular formula is C16H19FN2O2. The lowest BCUT2D eigenvalue weighted by Gasteiger charge is -2.22. The lowest BCUT2D eigenvalue weighted by atomic mass is 10.0. The number of nitrogens with one attached hydrogen (secondary N) is 1. The number of carbonyl (C=O) groups is 1. The minimum atomic E-state index is -0.550. The zero-order valence-electron chi connectivity index (χ0n) is 11.8. The quantitative estimate of drug-likeness (QED) is 0.825. The minimum Gasteiger partial charge on any atom is -0.381 e. The van der Waals surface area contributed by atoms with Gasteiger partial charge in [-0.1, -0.05) is 11.8 Å². The third-order valence-electron chi connectivity index (χ3n) is 3.35. The monoisotopic (exact) mass is 290 g/mol. The van der Waals surface area contributed by atoms with Gasteiger partial charge in [0.05, 0.1) is 18.7 Å². The van der Waals surface area contributed by atoms with Gasteiger partial charge in [-0.3, -0.25) is 4.79 Å². The van der Waals surface area contributed by atoms with Crippen molar-refractivity contribution in [2.24, 2.45) is 11.7 Å². The fourth-order valence-electron chi connectivity index (χ4n) is 2.23. The maximum atomic E-state index is 13.7. The molecule has 21 heavy (non-hydrogen) atoms. The van der Waals surface area contributed by atoms with Crippen molar-refractivity contribution >= 4 is 5.91 Å². The number of rotatable bonds is 3. The Morgan fingerprint density at radius 2 is 2.38 bits per heavy atom. The molecule has 1 aliphatic heterocycles. The summed E-state index contributed by atoms with van der Waals surface area (Å²) in [7, 11) is 0. The second-order valence-electron chi connectivity index (χ2n) is 4.99. The van der Waals surface area contributed by atoms with E-state index in [1.165, 1.54) is 18.2 Å². The molecule has 0 aromatic heterocycles. The van der Waals surface area contributed by atoms with Gasteiger partial charge in [-0.2, -0.15) is 0 Å². The van der Waals surface area contributed by atoms with E-state index in [0.29, 0.717) is 24.6 Å². The van der Waals surface area contributed by atoms with Crippen LogP contribution in [0.15, 0.2) is 18.2 Å². The van der Waals surface area contributed by atoms with E-state index in [1.54, 1.807) is 0 Å². The van der Waals surface area contributed by atoms with Gasteiger partial charge in [0.15, 0.2) is 0 Å². The van der Waals surface area contributed by atoms with E-state index >= 15 is 0 Å². The van der Waals surface area contributed by atoms with E-state index in [-0.39, 0.29) is 12.1 Å². The molecule has 0 saturated carbocycles. The highest BCUT2D eigenvalue weighted by Gasteiger charge is 2.17. The highest BCUT2D eigenvalue weighted by molar-refractivity contribution is 5.94. The van der Waals surface area contributed by atoms with Crippen molar-refractivity contribution in [2.45, 2.75) is 12.8 Å². The molecule has 1 aromatic rings. The number of benzene rings is 1. The van der Waals surface area contributed by atoms with Crippen molar-refractivity contribution in [3.8, 4) is 11.8 Å². The van der Waals surface area contributed by atoms with Crippen LogP contribution in [0.1, 0.15) is 28.8 Å². The maximum absolute atomic E-state index is 13.7. The molecule has 1 unspecified atom stereocenters. The summed E-state index contributed by atoms with van der Waals surface area (Å²) >= 11 is 0. The van der Waals surface area contributed by atoms with E-state index in [4.69, 9.17) is 10.5 Å². The molecule has 0 aliphatic carbocycles. The first-order chi connectivity index (χ1) is 10.2.